The van der Waals surface area contributed by atoms with Gasteiger partial charge >= 0.3 is 0 Å². The Labute approximate surface area is 92.7 Å². The van der Waals surface area contributed by atoms with Crippen LogP contribution in [0.25, 0.3) is 0 Å². The Morgan fingerprint density at radius 2 is 2.00 bits per heavy atom. The summed E-state index contributed by atoms with van der Waals surface area (Å²) in [6.45, 7) is 4.47. The van der Waals surface area contributed by atoms with E-state index in [2.05, 4.69) is 38.1 Å². The molecule has 0 aliphatic heterocycles. The van der Waals surface area contributed by atoms with Crippen molar-refractivity contribution in [2.75, 3.05) is 0 Å². The summed E-state index contributed by atoms with van der Waals surface area (Å²) in [5.41, 5.74) is 9.24. The van der Waals surface area contributed by atoms with Crippen molar-refractivity contribution in [3.05, 3.63) is 35.4 Å². The first-order chi connectivity index (χ1) is 7.14. The predicted molar refractivity (Wildman–Crippen MR) is 64.7 cm³/mol. The molecule has 1 aliphatic rings. The summed E-state index contributed by atoms with van der Waals surface area (Å²) in [5.74, 6) is 0.604. The van der Waals surface area contributed by atoms with Crippen molar-refractivity contribution in [3.63, 3.8) is 0 Å². The van der Waals surface area contributed by atoms with Crippen molar-refractivity contribution in [2.24, 2.45) is 11.7 Å². The number of rotatable bonds is 1. The Morgan fingerprint density at radius 3 is 2.67 bits per heavy atom. The van der Waals surface area contributed by atoms with E-state index in [0.29, 0.717) is 5.92 Å². The molecule has 2 rings (SSSR count). The van der Waals surface area contributed by atoms with Crippen molar-refractivity contribution in [2.45, 2.75) is 45.1 Å². The van der Waals surface area contributed by atoms with Gasteiger partial charge in [-0.05, 0) is 36.8 Å². The molecule has 1 nitrogen and oxygen atoms in total. The summed E-state index contributed by atoms with van der Waals surface area (Å²) < 4.78 is 0. The maximum Gasteiger partial charge on any atom is 0.0438 e. The molecular formula is C14H21N. The summed E-state index contributed by atoms with van der Waals surface area (Å²) in [6.07, 6.45) is 5.02. The van der Waals surface area contributed by atoms with E-state index >= 15 is 0 Å². The van der Waals surface area contributed by atoms with Crippen LogP contribution in [0.2, 0.25) is 0 Å². The molecule has 1 saturated carbocycles. The highest BCUT2D eigenvalue weighted by atomic mass is 14.8. The van der Waals surface area contributed by atoms with Gasteiger partial charge in [0.05, 0.1) is 0 Å². The van der Waals surface area contributed by atoms with Crippen LogP contribution < -0.4 is 5.73 Å². The van der Waals surface area contributed by atoms with E-state index in [4.69, 9.17) is 5.73 Å². The Kier molecular flexibility index (Phi) is 2.83. The molecule has 15 heavy (non-hydrogen) atoms. The van der Waals surface area contributed by atoms with Crippen LogP contribution in [0.5, 0.6) is 0 Å². The van der Waals surface area contributed by atoms with E-state index in [1.165, 1.54) is 30.4 Å². The molecule has 1 aliphatic carbocycles. The lowest BCUT2D eigenvalue weighted by Gasteiger charge is -2.41. The maximum absolute atomic E-state index is 6.62. The smallest absolute Gasteiger partial charge is 0.0438 e. The van der Waals surface area contributed by atoms with Crippen LogP contribution in [0.1, 0.15) is 43.7 Å². The molecule has 1 fully saturated rings. The van der Waals surface area contributed by atoms with E-state index in [0.717, 1.165) is 6.42 Å². The minimum atomic E-state index is -0.0798. The van der Waals surface area contributed by atoms with Crippen molar-refractivity contribution in [1.82, 2.24) is 0 Å². The molecule has 2 N–H and O–H groups in total. The van der Waals surface area contributed by atoms with Gasteiger partial charge in [-0.15, -0.1) is 0 Å². The van der Waals surface area contributed by atoms with Crippen LogP contribution in [-0.4, -0.2) is 0 Å². The standard InChI is InChI=1S/C14H21N/c1-11-7-3-4-9-13(11)14(15)10-6-5-8-12(14)2/h3-4,7,9,12H,5-6,8,10,15H2,1-2H3/t12?,14-/m0/s1. The van der Waals surface area contributed by atoms with Crippen LogP contribution in [0.4, 0.5) is 0 Å². The zero-order valence-electron chi connectivity index (χ0n) is 9.79. The number of nitrogens with two attached hydrogens (primary N) is 1. The van der Waals surface area contributed by atoms with Crippen molar-refractivity contribution < 1.29 is 0 Å². The second kappa shape index (κ2) is 3.97. The normalized spacial score (nSPS) is 31.5. The highest BCUT2D eigenvalue weighted by Gasteiger charge is 2.36. The lowest BCUT2D eigenvalue weighted by atomic mass is 9.69. The summed E-state index contributed by atoms with van der Waals surface area (Å²) in [7, 11) is 0. The van der Waals surface area contributed by atoms with Gasteiger partial charge in [-0.2, -0.15) is 0 Å². The van der Waals surface area contributed by atoms with Crippen LogP contribution >= 0.6 is 0 Å². The lowest BCUT2D eigenvalue weighted by molar-refractivity contribution is 0.206. The van der Waals surface area contributed by atoms with Gasteiger partial charge < -0.3 is 5.73 Å². The average Bonchev–Trinajstić information content (AvgIpc) is 2.23. The summed E-state index contributed by atoms with van der Waals surface area (Å²) in [6, 6.07) is 8.58. The van der Waals surface area contributed by atoms with Gasteiger partial charge in [-0.1, -0.05) is 44.0 Å². The fourth-order valence-electron chi connectivity index (χ4n) is 2.87. The fourth-order valence-corrected chi connectivity index (χ4v) is 2.87. The molecule has 0 radical (unpaired) electrons. The third kappa shape index (κ3) is 1.81. The molecule has 1 unspecified atom stereocenters. The molecule has 0 aromatic heterocycles. The quantitative estimate of drug-likeness (QED) is 0.744. The van der Waals surface area contributed by atoms with Gasteiger partial charge in [0.2, 0.25) is 0 Å². The first-order valence-electron chi connectivity index (χ1n) is 5.99. The summed E-state index contributed by atoms with van der Waals surface area (Å²) in [5, 5.41) is 0. The second-order valence-corrected chi connectivity index (χ2v) is 5.00. The number of hydrogen-bond acceptors (Lipinski definition) is 1. The monoisotopic (exact) mass is 203 g/mol. The zero-order chi connectivity index (χ0) is 10.9. The van der Waals surface area contributed by atoms with Gasteiger partial charge in [0, 0.05) is 5.54 Å². The van der Waals surface area contributed by atoms with Gasteiger partial charge in [0.25, 0.3) is 0 Å². The number of benzene rings is 1. The Morgan fingerprint density at radius 1 is 1.27 bits per heavy atom. The third-order valence-corrected chi connectivity index (χ3v) is 4.00. The van der Waals surface area contributed by atoms with Crippen LogP contribution in [0.15, 0.2) is 24.3 Å². The van der Waals surface area contributed by atoms with Crippen molar-refractivity contribution in [1.29, 1.82) is 0 Å². The minimum Gasteiger partial charge on any atom is -0.321 e. The Bertz CT molecular complexity index is 345. The molecule has 1 aromatic carbocycles. The molecule has 0 bridgehead atoms. The van der Waals surface area contributed by atoms with E-state index in [9.17, 15) is 0 Å². The molecule has 0 saturated heterocycles. The highest BCUT2D eigenvalue weighted by Crippen LogP contribution is 2.40. The van der Waals surface area contributed by atoms with Gasteiger partial charge in [0.15, 0.2) is 0 Å². The summed E-state index contributed by atoms with van der Waals surface area (Å²) >= 11 is 0. The van der Waals surface area contributed by atoms with Crippen molar-refractivity contribution in [3.8, 4) is 0 Å². The minimum absolute atomic E-state index is 0.0798. The third-order valence-electron chi connectivity index (χ3n) is 4.00. The van der Waals surface area contributed by atoms with Gasteiger partial charge in [-0.3, -0.25) is 0 Å². The van der Waals surface area contributed by atoms with Crippen LogP contribution in [-0.2, 0) is 5.54 Å². The molecular weight excluding hydrogens is 182 g/mol. The average molecular weight is 203 g/mol. The molecule has 1 heteroatoms. The highest BCUT2D eigenvalue weighted by molar-refractivity contribution is 5.33. The van der Waals surface area contributed by atoms with E-state index < -0.39 is 0 Å². The maximum atomic E-state index is 6.62. The molecule has 0 amide bonds. The van der Waals surface area contributed by atoms with Gasteiger partial charge in [0.1, 0.15) is 0 Å². The lowest BCUT2D eigenvalue weighted by Crippen LogP contribution is -2.45. The SMILES string of the molecule is Cc1ccccc1[C@]1(N)CCCCC1C. The van der Waals surface area contributed by atoms with Gasteiger partial charge in [-0.25, -0.2) is 0 Å². The molecule has 82 valence electrons. The molecule has 1 aromatic rings. The zero-order valence-corrected chi connectivity index (χ0v) is 9.79. The molecule has 0 spiro atoms. The van der Waals surface area contributed by atoms with E-state index in [-0.39, 0.29) is 5.54 Å². The second-order valence-electron chi connectivity index (χ2n) is 5.00. The first kappa shape index (κ1) is 10.7. The molecule has 2 atom stereocenters. The Hall–Kier alpha value is -0.820. The van der Waals surface area contributed by atoms with Crippen LogP contribution in [0.3, 0.4) is 0 Å². The Balaban J connectivity index is 2.39. The number of aryl methyl sites for hydroxylation is 1. The molecule has 0 heterocycles. The van der Waals surface area contributed by atoms with E-state index in [1.54, 1.807) is 0 Å². The predicted octanol–water partition coefficient (Wildman–Crippen LogP) is 3.36. The van der Waals surface area contributed by atoms with E-state index in [1.807, 2.05) is 0 Å². The topological polar surface area (TPSA) is 26.0 Å². The number of hydrogen-bond donors (Lipinski definition) is 1. The van der Waals surface area contributed by atoms with Crippen LogP contribution in [0, 0.1) is 12.8 Å². The largest absolute Gasteiger partial charge is 0.321 e. The fraction of sp³-hybridized carbons (Fsp3) is 0.571. The van der Waals surface area contributed by atoms with Crippen molar-refractivity contribution >= 4 is 0 Å². The first-order valence-corrected chi connectivity index (χ1v) is 5.99. The summed E-state index contributed by atoms with van der Waals surface area (Å²) in [4.78, 5) is 0.